The maximum Gasteiger partial charge on any atom is 0.261 e. The van der Waals surface area contributed by atoms with Crippen LogP contribution in [0.15, 0.2) is 72.8 Å². The summed E-state index contributed by atoms with van der Waals surface area (Å²) in [5, 5.41) is 4.29. The van der Waals surface area contributed by atoms with E-state index in [4.69, 9.17) is 27.9 Å². The molecule has 36 heavy (non-hydrogen) atoms. The largest absolute Gasteiger partial charge is 0.484 e. The Balaban J connectivity index is 1.90. The second kappa shape index (κ2) is 13.3. The Morgan fingerprint density at radius 1 is 0.972 bits per heavy atom. The maximum atomic E-state index is 13.6. The van der Waals surface area contributed by atoms with E-state index < -0.39 is 6.04 Å². The zero-order valence-electron chi connectivity index (χ0n) is 20.8. The first-order chi connectivity index (χ1) is 17.3. The van der Waals surface area contributed by atoms with Crippen molar-refractivity contribution in [1.82, 2.24) is 10.2 Å². The monoisotopic (exact) mass is 526 g/mol. The molecule has 0 saturated carbocycles. The second-order valence-electron chi connectivity index (χ2n) is 8.87. The molecule has 7 heteroatoms. The average Bonchev–Trinajstić information content (AvgIpc) is 2.88. The highest BCUT2D eigenvalue weighted by Gasteiger charge is 2.31. The summed E-state index contributed by atoms with van der Waals surface area (Å²) < 4.78 is 5.82. The molecule has 1 N–H and O–H groups in total. The summed E-state index contributed by atoms with van der Waals surface area (Å²) >= 11 is 12.2. The average molecular weight is 527 g/mol. The summed E-state index contributed by atoms with van der Waals surface area (Å²) in [7, 11) is 0. The van der Waals surface area contributed by atoms with Gasteiger partial charge in [0, 0.05) is 29.1 Å². The minimum Gasteiger partial charge on any atom is -0.484 e. The van der Waals surface area contributed by atoms with E-state index in [0.29, 0.717) is 22.2 Å². The molecule has 190 valence electrons. The van der Waals surface area contributed by atoms with Crippen LogP contribution in [-0.4, -0.2) is 35.4 Å². The maximum absolute atomic E-state index is 13.6. The molecule has 0 fully saturated rings. The number of ether oxygens (including phenoxy) is 1. The van der Waals surface area contributed by atoms with E-state index >= 15 is 0 Å². The molecule has 2 atom stereocenters. The topological polar surface area (TPSA) is 58.6 Å². The number of amides is 2. The predicted molar refractivity (Wildman–Crippen MR) is 146 cm³/mol. The van der Waals surface area contributed by atoms with Gasteiger partial charge in [0.15, 0.2) is 6.61 Å². The van der Waals surface area contributed by atoms with Gasteiger partial charge in [-0.15, -0.1) is 0 Å². The van der Waals surface area contributed by atoms with Crippen LogP contribution < -0.4 is 10.1 Å². The number of carbonyl (C=O) groups is 2. The van der Waals surface area contributed by atoms with Crippen molar-refractivity contribution >= 4 is 35.0 Å². The summed E-state index contributed by atoms with van der Waals surface area (Å²) in [5.41, 5.74) is 2.68. The van der Waals surface area contributed by atoms with Gasteiger partial charge in [-0.05, 0) is 67.3 Å². The number of carbonyl (C=O) groups excluding carboxylic acids is 2. The zero-order valence-corrected chi connectivity index (χ0v) is 22.4. The van der Waals surface area contributed by atoms with Gasteiger partial charge in [-0.25, -0.2) is 0 Å². The molecule has 3 aromatic carbocycles. The number of halogens is 2. The molecular weight excluding hydrogens is 495 g/mol. The molecule has 0 bridgehead atoms. The summed E-state index contributed by atoms with van der Waals surface area (Å²) in [6.07, 6.45) is 1.16. The van der Waals surface area contributed by atoms with Crippen molar-refractivity contribution in [2.45, 2.75) is 52.2 Å². The van der Waals surface area contributed by atoms with Crippen LogP contribution in [0.2, 0.25) is 10.0 Å². The number of nitrogens with one attached hydrogen (secondary N) is 1. The van der Waals surface area contributed by atoms with Crippen LogP contribution in [0.25, 0.3) is 0 Å². The van der Waals surface area contributed by atoms with Gasteiger partial charge in [0.25, 0.3) is 5.91 Å². The van der Waals surface area contributed by atoms with E-state index in [0.717, 1.165) is 23.1 Å². The van der Waals surface area contributed by atoms with Crippen LogP contribution in [0.1, 0.15) is 37.0 Å². The SMILES string of the molecule is CC[C@@H](C)NC(=O)[C@H](Cc1ccccc1)N(Cc1ccc(Cl)cc1)C(=O)COc1ccc(Cl)c(C)c1. The van der Waals surface area contributed by atoms with E-state index in [2.05, 4.69) is 5.32 Å². The molecule has 0 aliphatic carbocycles. The number of hydrogen-bond donors (Lipinski definition) is 1. The van der Waals surface area contributed by atoms with Gasteiger partial charge in [-0.2, -0.15) is 0 Å². The summed E-state index contributed by atoms with van der Waals surface area (Å²) in [5.74, 6) is 0.0519. The number of rotatable bonds is 11. The third-order valence-corrected chi connectivity index (χ3v) is 6.71. The molecule has 0 radical (unpaired) electrons. The fourth-order valence-corrected chi connectivity index (χ4v) is 3.96. The third-order valence-electron chi connectivity index (χ3n) is 6.03. The van der Waals surface area contributed by atoms with Gasteiger partial charge in [-0.3, -0.25) is 9.59 Å². The highest BCUT2D eigenvalue weighted by atomic mass is 35.5. The van der Waals surface area contributed by atoms with E-state index in [-0.39, 0.29) is 31.0 Å². The van der Waals surface area contributed by atoms with Gasteiger partial charge >= 0.3 is 0 Å². The Labute approximate surface area is 223 Å². The van der Waals surface area contributed by atoms with E-state index in [1.165, 1.54) is 0 Å². The van der Waals surface area contributed by atoms with E-state index in [1.807, 2.05) is 63.2 Å². The quantitative estimate of drug-likeness (QED) is 0.322. The molecule has 2 amide bonds. The molecule has 0 aromatic heterocycles. The number of hydrogen-bond acceptors (Lipinski definition) is 3. The molecule has 0 aliphatic rings. The van der Waals surface area contributed by atoms with Crippen molar-refractivity contribution < 1.29 is 14.3 Å². The highest BCUT2D eigenvalue weighted by Crippen LogP contribution is 2.22. The lowest BCUT2D eigenvalue weighted by molar-refractivity contribution is -0.143. The normalized spacial score (nSPS) is 12.5. The lowest BCUT2D eigenvalue weighted by atomic mass is 10.0. The Hall–Kier alpha value is -3.02. The lowest BCUT2D eigenvalue weighted by Crippen LogP contribution is -2.53. The molecular formula is C29H32Cl2N2O3. The number of nitrogens with zero attached hydrogens (tertiary/aromatic N) is 1. The standard InChI is InChI=1S/C29H32Cl2N2O3/c1-4-21(3)32-29(35)27(17-22-8-6-5-7-9-22)33(18-23-10-12-24(30)13-11-23)28(34)19-36-25-14-15-26(31)20(2)16-25/h5-16,21,27H,4,17-19H2,1-3H3,(H,32,35)/t21-,27+/m1/s1. The molecule has 0 saturated heterocycles. The van der Waals surface area contributed by atoms with Crippen molar-refractivity contribution in [2.24, 2.45) is 0 Å². The minimum absolute atomic E-state index is 0.0171. The molecule has 0 unspecified atom stereocenters. The van der Waals surface area contributed by atoms with Crippen molar-refractivity contribution in [3.05, 3.63) is 99.5 Å². The first kappa shape index (κ1) is 27.6. The van der Waals surface area contributed by atoms with Gasteiger partial charge < -0.3 is 15.0 Å². The Kier molecular flexibility index (Phi) is 10.2. The highest BCUT2D eigenvalue weighted by molar-refractivity contribution is 6.31. The fourth-order valence-electron chi connectivity index (χ4n) is 3.72. The molecule has 0 aliphatic heterocycles. The Bertz CT molecular complexity index is 1150. The predicted octanol–water partition coefficient (Wildman–Crippen LogP) is 6.24. The van der Waals surface area contributed by atoms with Gasteiger partial charge in [-0.1, -0.05) is 72.6 Å². The van der Waals surface area contributed by atoms with Crippen LogP contribution in [0.4, 0.5) is 0 Å². The van der Waals surface area contributed by atoms with Crippen molar-refractivity contribution in [3.63, 3.8) is 0 Å². The minimum atomic E-state index is -0.722. The Morgan fingerprint density at radius 2 is 1.67 bits per heavy atom. The zero-order chi connectivity index (χ0) is 26.1. The Morgan fingerprint density at radius 3 is 2.31 bits per heavy atom. The van der Waals surface area contributed by atoms with Crippen molar-refractivity contribution in [1.29, 1.82) is 0 Å². The van der Waals surface area contributed by atoms with Gasteiger partial charge in [0.2, 0.25) is 5.91 Å². The van der Waals surface area contributed by atoms with E-state index in [9.17, 15) is 9.59 Å². The molecule has 0 spiro atoms. The first-order valence-corrected chi connectivity index (χ1v) is 12.8. The second-order valence-corrected chi connectivity index (χ2v) is 9.71. The summed E-state index contributed by atoms with van der Waals surface area (Å²) in [6.45, 7) is 5.87. The molecule has 3 rings (SSSR count). The fraction of sp³-hybridized carbons (Fsp3) is 0.310. The molecule has 0 heterocycles. The number of aryl methyl sites for hydroxylation is 1. The lowest BCUT2D eigenvalue weighted by Gasteiger charge is -2.32. The van der Waals surface area contributed by atoms with Crippen molar-refractivity contribution in [2.75, 3.05) is 6.61 Å². The third kappa shape index (κ3) is 8.00. The van der Waals surface area contributed by atoms with E-state index in [1.54, 1.807) is 35.2 Å². The molecule has 5 nitrogen and oxygen atoms in total. The van der Waals surface area contributed by atoms with Crippen LogP contribution in [0, 0.1) is 6.92 Å². The number of benzene rings is 3. The van der Waals surface area contributed by atoms with Crippen LogP contribution in [0.5, 0.6) is 5.75 Å². The van der Waals surface area contributed by atoms with Gasteiger partial charge in [0.05, 0.1) is 0 Å². The van der Waals surface area contributed by atoms with Gasteiger partial charge in [0.1, 0.15) is 11.8 Å². The summed E-state index contributed by atoms with van der Waals surface area (Å²) in [4.78, 5) is 28.7. The molecule has 3 aromatic rings. The first-order valence-electron chi connectivity index (χ1n) is 12.0. The van der Waals surface area contributed by atoms with Crippen molar-refractivity contribution in [3.8, 4) is 5.75 Å². The van der Waals surface area contributed by atoms with Crippen LogP contribution in [0.3, 0.4) is 0 Å². The van der Waals surface area contributed by atoms with Crippen LogP contribution >= 0.6 is 23.2 Å². The van der Waals surface area contributed by atoms with Crippen LogP contribution in [-0.2, 0) is 22.6 Å². The smallest absolute Gasteiger partial charge is 0.261 e. The summed E-state index contributed by atoms with van der Waals surface area (Å²) in [6, 6.07) is 21.5.